The van der Waals surface area contributed by atoms with Gasteiger partial charge in [-0.05, 0) is 44.9 Å². The largest absolute Gasteiger partial charge is 0.394 e. The third kappa shape index (κ3) is 30.8. The molecule has 4 rings (SSSR count). The maximum atomic E-state index is 13.5. The van der Waals surface area contributed by atoms with Gasteiger partial charge in [0, 0.05) is 13.3 Å². The number of nitrogens with one attached hydrogen (secondary N) is 2. The van der Waals surface area contributed by atoms with Crippen LogP contribution in [0.15, 0.2) is 24.3 Å². The van der Waals surface area contributed by atoms with Gasteiger partial charge in [0.25, 0.3) is 0 Å². The number of hydrogen-bond acceptors (Lipinski definition) is 23. The van der Waals surface area contributed by atoms with Crippen LogP contribution in [0, 0.1) is 0 Å². The second-order valence-corrected chi connectivity index (χ2v) is 26.8. The third-order valence-corrected chi connectivity index (χ3v) is 18.8. The van der Waals surface area contributed by atoms with Crippen molar-refractivity contribution in [1.82, 2.24) is 10.6 Å². The number of hydrogen-bond donors (Lipinski definition) is 15. The molecule has 4 aliphatic heterocycles. The van der Waals surface area contributed by atoms with E-state index in [1.165, 1.54) is 154 Å². The monoisotopic (exact) mass is 1360 g/mol. The molecule has 0 aromatic rings. The van der Waals surface area contributed by atoms with Crippen LogP contribution in [0.4, 0.5) is 0 Å². The molecule has 15 N–H and O–H groups in total. The van der Waals surface area contributed by atoms with Crippen molar-refractivity contribution in [3.8, 4) is 0 Å². The van der Waals surface area contributed by atoms with Crippen molar-refractivity contribution in [2.45, 2.75) is 374 Å². The van der Waals surface area contributed by atoms with Crippen LogP contribution in [0.3, 0.4) is 0 Å². The van der Waals surface area contributed by atoms with Crippen LogP contribution in [0.25, 0.3) is 0 Å². The summed E-state index contributed by atoms with van der Waals surface area (Å²) in [5.41, 5.74) is 0. The number of rotatable bonds is 52. The Bertz CT molecular complexity index is 2010. The molecule has 0 bridgehead atoms. The lowest BCUT2D eigenvalue weighted by Gasteiger charge is -2.50. The number of allylic oxidation sites excluding steroid dienone is 3. The van der Waals surface area contributed by atoms with Crippen LogP contribution in [0.2, 0.25) is 0 Å². The van der Waals surface area contributed by atoms with E-state index in [4.69, 9.17) is 37.9 Å². The molecule has 0 saturated carbocycles. The van der Waals surface area contributed by atoms with Crippen LogP contribution < -0.4 is 10.6 Å². The van der Waals surface area contributed by atoms with E-state index in [9.17, 15) is 76.0 Å². The fraction of sp³-hybridized carbons (Fsp3) is 0.914. The summed E-state index contributed by atoms with van der Waals surface area (Å²) in [6.45, 7) is 1.61. The van der Waals surface area contributed by atoms with Crippen molar-refractivity contribution in [3.63, 3.8) is 0 Å². The lowest BCUT2D eigenvalue weighted by molar-refractivity contribution is -0.380. The second-order valence-electron chi connectivity index (χ2n) is 26.8. The Morgan fingerprint density at radius 3 is 1.22 bits per heavy atom. The average Bonchev–Trinajstić information content (AvgIpc) is 0.779. The Morgan fingerprint density at radius 1 is 0.411 bits per heavy atom. The van der Waals surface area contributed by atoms with E-state index >= 15 is 0 Å². The topological polar surface area (TPSA) is 395 Å². The second kappa shape index (κ2) is 50.0. The summed E-state index contributed by atoms with van der Waals surface area (Å²) in [6.07, 6.45) is 12.5. The van der Waals surface area contributed by atoms with E-state index in [0.29, 0.717) is 12.8 Å². The van der Waals surface area contributed by atoms with Gasteiger partial charge in [0.2, 0.25) is 11.8 Å². The number of amides is 2. The molecular formula is C70H128N2O23. The Kier molecular flexibility index (Phi) is 44.7. The molecule has 4 fully saturated rings. The Labute approximate surface area is 565 Å². The van der Waals surface area contributed by atoms with Crippen molar-refractivity contribution in [2.75, 3.05) is 33.0 Å². The molecule has 95 heavy (non-hydrogen) atoms. The molecule has 4 heterocycles. The molecule has 4 aliphatic rings. The number of aliphatic hydroxyl groups is 13. The van der Waals surface area contributed by atoms with Gasteiger partial charge in [-0.25, -0.2) is 0 Å². The summed E-state index contributed by atoms with van der Waals surface area (Å²) >= 11 is 0. The SMILES string of the molecule is CCCCCCCC/C=C\CCCCCCCCCCCCCCCC(=O)N[C@@H](CO[C@@H]1OC(CO)[C@@H](O[C@@H]2OC(CO)[C@H](O[C@@H]3OC(CO)[C@H](O)[C@H](O[C@@H]4OC(CO)[C@H](O)[C@H](O)C4O)C3NC(C)=O)[C@H](O)C2O)[C@H](O)C1O)[C@H](O)/C=C/CCCCCCCCCCCCC. The van der Waals surface area contributed by atoms with Crippen LogP contribution >= 0.6 is 0 Å². The van der Waals surface area contributed by atoms with Gasteiger partial charge in [-0.2, -0.15) is 0 Å². The summed E-state index contributed by atoms with van der Waals surface area (Å²) in [4.78, 5) is 26.1. The summed E-state index contributed by atoms with van der Waals surface area (Å²) in [5.74, 6) is -1.06. The predicted molar refractivity (Wildman–Crippen MR) is 354 cm³/mol. The van der Waals surface area contributed by atoms with Gasteiger partial charge >= 0.3 is 0 Å². The van der Waals surface area contributed by atoms with E-state index in [2.05, 4.69) is 36.6 Å². The van der Waals surface area contributed by atoms with Gasteiger partial charge in [-0.3, -0.25) is 9.59 Å². The molecule has 0 radical (unpaired) electrons. The highest BCUT2D eigenvalue weighted by Gasteiger charge is 2.56. The average molecular weight is 1370 g/mol. The van der Waals surface area contributed by atoms with E-state index in [0.717, 1.165) is 51.9 Å². The highest BCUT2D eigenvalue weighted by Crippen LogP contribution is 2.35. The van der Waals surface area contributed by atoms with Gasteiger partial charge in [0.15, 0.2) is 25.2 Å². The number of unbranched alkanes of at least 4 members (excludes halogenated alkanes) is 30. The summed E-state index contributed by atoms with van der Waals surface area (Å²) in [5, 5.41) is 147. The molecular weight excluding hydrogens is 1240 g/mol. The smallest absolute Gasteiger partial charge is 0.220 e. The fourth-order valence-electron chi connectivity index (χ4n) is 12.8. The zero-order chi connectivity index (χ0) is 69.3. The number of carbonyl (C=O) groups is 2. The van der Waals surface area contributed by atoms with E-state index in [1.54, 1.807) is 6.08 Å². The van der Waals surface area contributed by atoms with E-state index < -0.39 is 174 Å². The number of aliphatic hydroxyl groups excluding tert-OH is 13. The molecule has 0 aromatic heterocycles. The summed E-state index contributed by atoms with van der Waals surface area (Å²) < 4.78 is 46.8. The van der Waals surface area contributed by atoms with Crippen molar-refractivity contribution >= 4 is 11.8 Å². The predicted octanol–water partition coefficient (Wildman–Crippen LogP) is 4.68. The van der Waals surface area contributed by atoms with Crippen molar-refractivity contribution in [1.29, 1.82) is 0 Å². The number of carbonyl (C=O) groups excluding carboxylic acids is 2. The lowest BCUT2D eigenvalue weighted by atomic mass is 9.94. The Morgan fingerprint density at radius 2 is 0.768 bits per heavy atom. The maximum absolute atomic E-state index is 13.5. The quantitative estimate of drug-likeness (QED) is 0.0290. The molecule has 8 unspecified atom stereocenters. The standard InChI is InChI=1S/C70H128N2O23/c1-4-6-8-10-12-14-16-18-19-20-21-22-23-24-25-26-27-29-31-33-35-37-39-41-54(79)72-48(49(78)40-38-36-34-32-30-28-17-15-13-11-9-7-5-2)46-88-68-62(86)59(83)65(52(44-75)91-68)94-70-63(87)60(84)64(53(45-76)92-70)93-67-55(71-47(3)77)66(57(81)51(43-74)89-67)95-69-61(85)58(82)56(80)50(42-73)90-69/h18-19,38,40,48-53,55-70,73-76,78,80-87H,4-17,20-37,39,41-46H2,1-3H3,(H,71,77)(H,72,79)/b19-18-,40-38+/t48-,49+,50?,51?,52?,53?,55?,56-,57-,58-,59+,60+,61?,62?,63?,64-,65+,66+,67-,68+,69-,70-/m0/s1. The van der Waals surface area contributed by atoms with Gasteiger partial charge in [0.1, 0.15) is 97.6 Å². The fourth-order valence-corrected chi connectivity index (χ4v) is 12.8. The Balaban J connectivity index is 1.29. The van der Waals surface area contributed by atoms with Crippen LogP contribution in [0.1, 0.15) is 239 Å². The normalized spacial score (nSPS) is 32.1. The number of ether oxygens (including phenoxy) is 8. The molecule has 0 aliphatic carbocycles. The molecule has 4 saturated heterocycles. The molecule has 556 valence electrons. The van der Waals surface area contributed by atoms with E-state index in [-0.39, 0.29) is 12.3 Å². The summed E-state index contributed by atoms with van der Waals surface area (Å²) in [6, 6.07) is -2.63. The van der Waals surface area contributed by atoms with Crippen molar-refractivity contribution < 1.29 is 114 Å². The lowest BCUT2D eigenvalue weighted by Crippen LogP contribution is -2.70. The molecule has 22 atom stereocenters. The molecule has 0 spiro atoms. The third-order valence-electron chi connectivity index (χ3n) is 18.8. The Hall–Kier alpha value is -2.42. The van der Waals surface area contributed by atoms with E-state index in [1.807, 2.05) is 6.08 Å². The van der Waals surface area contributed by atoms with Crippen molar-refractivity contribution in [2.24, 2.45) is 0 Å². The molecule has 25 nitrogen and oxygen atoms in total. The van der Waals surface area contributed by atoms with Crippen LogP contribution in [-0.2, 0) is 47.5 Å². The van der Waals surface area contributed by atoms with Gasteiger partial charge in [0.05, 0.1) is 45.2 Å². The zero-order valence-electron chi connectivity index (χ0n) is 57.5. The first-order chi connectivity index (χ1) is 46.0. The first-order valence-corrected chi connectivity index (χ1v) is 36.6. The minimum atomic E-state index is -2.10. The minimum absolute atomic E-state index is 0.214. The zero-order valence-corrected chi connectivity index (χ0v) is 57.5. The van der Waals surface area contributed by atoms with Gasteiger partial charge in [-0.15, -0.1) is 0 Å². The first-order valence-electron chi connectivity index (χ1n) is 36.6. The maximum Gasteiger partial charge on any atom is 0.220 e. The molecule has 25 heteroatoms. The van der Waals surface area contributed by atoms with Gasteiger partial charge < -0.3 is 115 Å². The van der Waals surface area contributed by atoms with Crippen LogP contribution in [-0.4, -0.2) is 246 Å². The minimum Gasteiger partial charge on any atom is -0.394 e. The summed E-state index contributed by atoms with van der Waals surface area (Å²) in [7, 11) is 0. The van der Waals surface area contributed by atoms with Gasteiger partial charge in [-0.1, -0.05) is 205 Å². The van der Waals surface area contributed by atoms with Crippen LogP contribution in [0.5, 0.6) is 0 Å². The highest BCUT2D eigenvalue weighted by atomic mass is 16.8. The molecule has 0 aromatic carbocycles. The first kappa shape index (κ1) is 85.0. The molecule has 2 amide bonds. The highest BCUT2D eigenvalue weighted by molar-refractivity contribution is 5.76. The van der Waals surface area contributed by atoms with Crippen molar-refractivity contribution in [3.05, 3.63) is 24.3 Å².